The molecule has 220 valence electrons. The number of alkyl halides is 1. The Morgan fingerprint density at radius 3 is 1.84 bits per heavy atom. The summed E-state index contributed by atoms with van der Waals surface area (Å²) in [5.74, 6) is -0.166. The smallest absolute Gasteiger partial charge is 0.370 e. The maximum absolute atomic E-state index is 13.0. The highest BCUT2D eigenvalue weighted by atomic mass is 35.5. The monoisotopic (exact) mass is 614 g/mol. The highest BCUT2D eigenvalue weighted by Crippen LogP contribution is 2.33. The second kappa shape index (κ2) is 11.9. The van der Waals surface area contributed by atoms with Gasteiger partial charge >= 0.3 is 11.8 Å². The summed E-state index contributed by atoms with van der Waals surface area (Å²) >= 11 is 12.1. The molecule has 6 rings (SSSR count). The van der Waals surface area contributed by atoms with E-state index >= 15 is 0 Å². The lowest BCUT2D eigenvalue weighted by Gasteiger charge is -2.27. The van der Waals surface area contributed by atoms with E-state index in [-0.39, 0.29) is 22.6 Å². The maximum Gasteiger partial charge on any atom is 0.370 e. The van der Waals surface area contributed by atoms with E-state index < -0.39 is 12.2 Å². The first-order valence-electron chi connectivity index (χ1n) is 14.3. The van der Waals surface area contributed by atoms with E-state index in [4.69, 9.17) is 32.7 Å². The van der Waals surface area contributed by atoms with Crippen molar-refractivity contribution in [2.75, 3.05) is 0 Å². The van der Waals surface area contributed by atoms with Gasteiger partial charge in [-0.2, -0.15) is 4.58 Å². The molecule has 0 fully saturated rings. The minimum absolute atomic E-state index is 0.0725. The highest BCUT2D eigenvalue weighted by Gasteiger charge is 2.36. The van der Waals surface area contributed by atoms with Gasteiger partial charge in [-0.1, -0.05) is 98.3 Å². The van der Waals surface area contributed by atoms with Crippen molar-refractivity contribution in [2.24, 2.45) is 0 Å². The van der Waals surface area contributed by atoms with Crippen LogP contribution in [0.5, 0.6) is 0 Å². The Hall–Kier alpha value is -4.00. The average Bonchev–Trinajstić information content (AvgIpc) is 3.56. The lowest BCUT2D eigenvalue weighted by Crippen LogP contribution is -2.30. The molecule has 0 bridgehead atoms. The molecule has 0 saturated carbocycles. The van der Waals surface area contributed by atoms with E-state index in [1.54, 1.807) is 10.7 Å². The molecule has 2 unspecified atom stereocenters. The first-order chi connectivity index (χ1) is 20.7. The summed E-state index contributed by atoms with van der Waals surface area (Å²) in [5, 5.41) is 0.507. The van der Waals surface area contributed by atoms with E-state index in [0.29, 0.717) is 24.3 Å². The van der Waals surface area contributed by atoms with Crippen molar-refractivity contribution >= 4 is 47.8 Å². The first kappa shape index (κ1) is 29.1. The standard InChI is InChI=1S/C35H32Cl2N2O4/c1-35(2,25-7-3-23(4-8-25)19-31-33(40)38(21-42-31)29-15-11-27(36)12-16-29)26-9-5-24(6-10-26)20-32-34(41)39(22-43-32)30-17-13-28(37)14-18-30/h3-17,21-22,27,31-32H,18-20H2,1-2H3. The fourth-order valence-corrected chi connectivity index (χ4v) is 5.82. The van der Waals surface area contributed by atoms with E-state index in [0.717, 1.165) is 34.3 Å². The third kappa shape index (κ3) is 6.08. The molecule has 6 nitrogen and oxygen atoms in total. The number of rotatable bonds is 8. The normalized spacial score (nSPS) is 22.0. The van der Waals surface area contributed by atoms with Crippen LogP contribution < -0.4 is 0 Å². The third-order valence-electron chi connectivity index (χ3n) is 8.31. The number of halogens is 2. The number of benzene rings is 2. The molecule has 0 spiro atoms. The Bertz CT molecular complexity index is 1590. The minimum Gasteiger partial charge on any atom is -0.484 e. The van der Waals surface area contributed by atoms with Crippen LogP contribution in [0.4, 0.5) is 0 Å². The van der Waals surface area contributed by atoms with Crippen molar-refractivity contribution in [1.29, 1.82) is 0 Å². The average molecular weight is 616 g/mol. The quantitative estimate of drug-likeness (QED) is 0.211. The highest BCUT2D eigenvalue weighted by molar-refractivity contribution is 6.31. The lowest BCUT2D eigenvalue weighted by molar-refractivity contribution is -0.421. The summed E-state index contributed by atoms with van der Waals surface area (Å²) in [6, 6.07) is 18.3. The van der Waals surface area contributed by atoms with Gasteiger partial charge in [0.05, 0.1) is 0 Å². The SMILES string of the molecule is CC(C)(c1ccc(CC2OC=[N+]([C-]3C=CC(Cl)C=C3)C2=O)cc1)c1ccc(CC2OC=[N+]([C-]3C=CC(Cl)=CC3)C2=O)cc1. The van der Waals surface area contributed by atoms with Gasteiger partial charge in [0.2, 0.25) is 0 Å². The summed E-state index contributed by atoms with van der Waals surface area (Å²) in [6.07, 6.45) is 16.3. The van der Waals surface area contributed by atoms with Crippen LogP contribution in [0.3, 0.4) is 0 Å². The van der Waals surface area contributed by atoms with Crippen molar-refractivity contribution in [3.63, 3.8) is 0 Å². The Balaban J connectivity index is 1.05. The molecule has 43 heavy (non-hydrogen) atoms. The van der Waals surface area contributed by atoms with Gasteiger partial charge in [0, 0.05) is 30.1 Å². The fourth-order valence-electron chi connectivity index (χ4n) is 5.53. The Morgan fingerprint density at radius 1 is 0.814 bits per heavy atom. The number of carbonyl (C=O) groups is 2. The Labute approximate surface area is 261 Å². The largest absolute Gasteiger partial charge is 0.484 e. The minimum atomic E-state index is -0.567. The summed E-state index contributed by atoms with van der Waals surface area (Å²) in [7, 11) is 0. The second-order valence-electron chi connectivity index (χ2n) is 11.5. The molecule has 2 aromatic carbocycles. The number of hydrogen-bond donors (Lipinski definition) is 0. The topological polar surface area (TPSA) is 58.6 Å². The van der Waals surface area contributed by atoms with Gasteiger partial charge < -0.3 is 9.47 Å². The predicted molar refractivity (Wildman–Crippen MR) is 167 cm³/mol. The van der Waals surface area contributed by atoms with Crippen LogP contribution in [0, 0.1) is 12.1 Å². The molecule has 8 heteroatoms. The van der Waals surface area contributed by atoms with Crippen molar-refractivity contribution in [3.8, 4) is 0 Å². The van der Waals surface area contributed by atoms with Crippen LogP contribution in [-0.4, -0.2) is 51.4 Å². The van der Waals surface area contributed by atoms with Gasteiger partial charge in [0.15, 0.2) is 12.2 Å². The van der Waals surface area contributed by atoms with Gasteiger partial charge in [0.25, 0.3) is 12.8 Å². The number of ether oxygens (including phenoxy) is 2. The van der Waals surface area contributed by atoms with Crippen LogP contribution in [0.15, 0.2) is 96.1 Å². The van der Waals surface area contributed by atoms with Crippen molar-refractivity contribution in [1.82, 2.24) is 0 Å². The molecular formula is C35H32Cl2N2O4. The number of carbonyl (C=O) groups excluding carboxylic acids is 2. The van der Waals surface area contributed by atoms with Crippen molar-refractivity contribution in [2.45, 2.75) is 56.1 Å². The Kier molecular flexibility index (Phi) is 8.08. The molecular weight excluding hydrogens is 583 g/mol. The molecule has 2 aliphatic heterocycles. The van der Waals surface area contributed by atoms with E-state index in [9.17, 15) is 9.59 Å². The summed E-state index contributed by atoms with van der Waals surface area (Å²) < 4.78 is 14.6. The third-order valence-corrected chi connectivity index (χ3v) is 8.88. The van der Waals surface area contributed by atoms with Crippen molar-refractivity contribution < 1.29 is 28.2 Å². The zero-order chi connectivity index (χ0) is 30.1. The molecule has 0 saturated heterocycles. The van der Waals surface area contributed by atoms with E-state index in [2.05, 4.69) is 62.4 Å². The number of amides is 2. The predicted octanol–water partition coefficient (Wildman–Crippen LogP) is 5.91. The number of allylic oxidation sites excluding steroid dienone is 4. The van der Waals surface area contributed by atoms with Crippen LogP contribution in [0.2, 0.25) is 0 Å². The molecule has 0 N–H and O–H groups in total. The maximum atomic E-state index is 13.0. The van der Waals surface area contributed by atoms with Gasteiger partial charge in [0.1, 0.15) is 12.1 Å². The van der Waals surface area contributed by atoms with E-state index in [1.165, 1.54) is 17.4 Å². The summed E-state index contributed by atoms with van der Waals surface area (Å²) in [6.45, 7) is 4.38. The van der Waals surface area contributed by atoms with Gasteiger partial charge in [-0.3, -0.25) is 9.59 Å². The van der Waals surface area contributed by atoms with Crippen LogP contribution in [0.25, 0.3) is 0 Å². The molecule has 4 aliphatic rings. The number of nitrogens with zero attached hydrogens (tertiary/aromatic N) is 2. The van der Waals surface area contributed by atoms with Crippen LogP contribution in [-0.2, 0) is 37.3 Å². The first-order valence-corrected chi connectivity index (χ1v) is 15.1. The van der Waals surface area contributed by atoms with Gasteiger partial charge in [-0.25, -0.2) is 4.58 Å². The van der Waals surface area contributed by atoms with Crippen LogP contribution >= 0.6 is 23.2 Å². The van der Waals surface area contributed by atoms with Gasteiger partial charge in [-0.15, -0.1) is 29.8 Å². The van der Waals surface area contributed by atoms with Crippen LogP contribution in [0.1, 0.15) is 42.5 Å². The molecule has 0 radical (unpaired) electrons. The zero-order valence-corrected chi connectivity index (χ0v) is 25.5. The molecule has 2 atom stereocenters. The van der Waals surface area contributed by atoms with Crippen molar-refractivity contribution in [3.05, 3.63) is 130 Å². The molecule has 2 amide bonds. The Morgan fingerprint density at radius 2 is 1.33 bits per heavy atom. The van der Waals surface area contributed by atoms with Gasteiger partial charge in [-0.05, 0) is 27.3 Å². The molecule has 2 heterocycles. The number of hydrogen-bond acceptors (Lipinski definition) is 4. The fraction of sp³-hybridized carbons (Fsp3) is 0.257. The molecule has 0 aromatic heterocycles. The zero-order valence-electron chi connectivity index (χ0n) is 24.0. The van der Waals surface area contributed by atoms with E-state index in [1.807, 2.05) is 36.5 Å². The molecule has 2 aromatic rings. The summed E-state index contributed by atoms with van der Waals surface area (Å²) in [4.78, 5) is 25.9. The summed E-state index contributed by atoms with van der Waals surface area (Å²) in [5.41, 5.74) is 4.12. The lowest BCUT2D eigenvalue weighted by atomic mass is 9.77. The molecule has 2 aliphatic carbocycles. The second-order valence-corrected chi connectivity index (χ2v) is 12.4.